The molecule has 0 spiro atoms. The maximum absolute atomic E-state index is 3.87. The fourth-order valence-electron chi connectivity index (χ4n) is 4.54. The van der Waals surface area contributed by atoms with Crippen LogP contribution in [0.2, 0.25) is 0 Å². The van der Waals surface area contributed by atoms with Gasteiger partial charge in [0, 0.05) is 9.79 Å². The molecular weight excluding hydrogens is 541 g/mol. The normalized spacial score (nSPS) is 14.3. The van der Waals surface area contributed by atoms with Crippen LogP contribution in [-0.4, -0.2) is 0 Å². The first-order valence-corrected chi connectivity index (χ1v) is 16.8. The molecule has 0 aromatic heterocycles. The first-order chi connectivity index (χ1) is 19.8. The summed E-state index contributed by atoms with van der Waals surface area (Å²) in [4.78, 5) is 10.6. The summed E-state index contributed by atoms with van der Waals surface area (Å²) in [6, 6.07) is 39.9. The lowest BCUT2D eigenvalue weighted by Gasteiger charge is -2.12. The minimum Gasteiger partial charge on any atom is -0.0991 e. The molecule has 0 fully saturated rings. The molecule has 0 radical (unpaired) electrons. The number of hydrogen-bond donors (Lipinski definition) is 0. The van der Waals surface area contributed by atoms with Gasteiger partial charge in [-0.3, -0.25) is 0 Å². The number of allylic oxidation sites excluding steroid dienone is 7. The molecule has 0 nitrogen and oxygen atoms in total. The maximum atomic E-state index is 3.87. The first kappa shape index (κ1) is 28.2. The van der Waals surface area contributed by atoms with Gasteiger partial charge in [-0.1, -0.05) is 73.0 Å². The van der Waals surface area contributed by atoms with E-state index in [-0.39, 0.29) is 21.8 Å². The third-order valence-corrected chi connectivity index (χ3v) is 12.0. The number of rotatable bonds is 10. The third-order valence-electron chi connectivity index (χ3n) is 6.43. The van der Waals surface area contributed by atoms with Crippen LogP contribution in [0.15, 0.2) is 197 Å². The molecule has 5 rings (SSSR count). The van der Waals surface area contributed by atoms with Crippen LogP contribution in [0.4, 0.5) is 0 Å². The Kier molecular flexibility index (Phi) is 10.1. The lowest BCUT2D eigenvalue weighted by molar-refractivity contribution is 1.03. The van der Waals surface area contributed by atoms with E-state index in [0.717, 1.165) is 12.8 Å². The van der Waals surface area contributed by atoms with E-state index in [1.807, 2.05) is 23.9 Å². The number of hydrogen-bond acceptors (Lipinski definition) is 1. The van der Waals surface area contributed by atoms with E-state index in [1.165, 1.54) is 39.2 Å². The highest BCUT2D eigenvalue weighted by Gasteiger charge is 2.31. The molecule has 4 aromatic carbocycles. The van der Waals surface area contributed by atoms with Crippen LogP contribution in [-0.2, 0) is 21.8 Å². The van der Waals surface area contributed by atoms with Crippen molar-refractivity contribution in [3.8, 4) is 0 Å². The summed E-state index contributed by atoms with van der Waals surface area (Å²) in [7, 11) is -0.246. The molecule has 198 valence electrons. The highest BCUT2D eigenvalue weighted by molar-refractivity contribution is 8.04. The van der Waals surface area contributed by atoms with Gasteiger partial charge < -0.3 is 0 Å². The Labute approximate surface area is 249 Å². The Morgan fingerprint density at radius 1 is 0.700 bits per heavy atom. The Morgan fingerprint density at radius 2 is 1.25 bits per heavy atom. The van der Waals surface area contributed by atoms with Crippen LogP contribution >= 0.6 is 11.8 Å². The van der Waals surface area contributed by atoms with Crippen molar-refractivity contribution in [2.45, 2.75) is 49.1 Å². The van der Waals surface area contributed by atoms with Gasteiger partial charge in [0.15, 0.2) is 29.4 Å². The lowest BCUT2D eigenvalue weighted by Crippen LogP contribution is -2.08. The van der Waals surface area contributed by atoms with Gasteiger partial charge in [0.25, 0.3) is 0 Å². The highest BCUT2D eigenvalue weighted by Crippen LogP contribution is 2.37. The summed E-state index contributed by atoms with van der Waals surface area (Å²) in [6.45, 7) is 6.00. The van der Waals surface area contributed by atoms with Crippen LogP contribution in [0.25, 0.3) is 0 Å². The third kappa shape index (κ3) is 7.03. The van der Waals surface area contributed by atoms with Gasteiger partial charge in [-0.2, -0.15) is 0 Å². The van der Waals surface area contributed by atoms with Crippen LogP contribution < -0.4 is 0 Å². The second-order valence-corrected chi connectivity index (χ2v) is 14.4. The topological polar surface area (TPSA) is 0 Å². The molecule has 40 heavy (non-hydrogen) atoms. The molecule has 0 N–H and O–H groups in total. The van der Waals surface area contributed by atoms with Crippen molar-refractivity contribution < 1.29 is 0 Å². The van der Waals surface area contributed by atoms with Crippen molar-refractivity contribution in [3.05, 3.63) is 168 Å². The predicted molar refractivity (Wildman–Crippen MR) is 177 cm³/mol. The van der Waals surface area contributed by atoms with Crippen molar-refractivity contribution >= 4 is 33.6 Å². The molecule has 1 aliphatic carbocycles. The molecule has 3 heteroatoms. The Morgan fingerprint density at radius 3 is 1.75 bits per heavy atom. The fraction of sp³-hybridized carbons (Fsp3) is 0.0811. The van der Waals surface area contributed by atoms with Crippen molar-refractivity contribution in [2.75, 3.05) is 0 Å². The fourth-order valence-corrected chi connectivity index (χ4v) is 9.63. The summed E-state index contributed by atoms with van der Waals surface area (Å²) >= 11 is 1.82. The van der Waals surface area contributed by atoms with Crippen molar-refractivity contribution in [3.63, 3.8) is 0 Å². The zero-order valence-corrected chi connectivity index (χ0v) is 25.2. The molecule has 4 aromatic rings. The molecule has 0 amide bonds. The van der Waals surface area contributed by atoms with Crippen molar-refractivity contribution in [2.24, 2.45) is 0 Å². The molecular formula is C37H34S3+2. The largest absolute Gasteiger partial charge is 0.166 e. The van der Waals surface area contributed by atoms with E-state index in [1.54, 1.807) is 0 Å². The molecule has 0 aliphatic heterocycles. The summed E-state index contributed by atoms with van der Waals surface area (Å²) in [5, 5.41) is 0. The van der Waals surface area contributed by atoms with E-state index in [9.17, 15) is 0 Å². The van der Waals surface area contributed by atoms with E-state index in [0.29, 0.717) is 0 Å². The van der Waals surface area contributed by atoms with Gasteiger partial charge >= 0.3 is 0 Å². The van der Waals surface area contributed by atoms with Crippen LogP contribution in [0.3, 0.4) is 0 Å². The Hall–Kier alpha value is -3.37. The standard InChI is InChI=1S/C37H34S3/c1-3-5-15-32(4-2)39(33-16-9-6-10-17-33)36-26-22-30(23-27-36)38-31-24-28-37(29-25-31)40(34-18-11-7-12-19-34)35-20-13-8-14-21-35/h3-5,7-9,11-29H,1,6,10H2,2H3/q+2/b15-5-,32-4+. The summed E-state index contributed by atoms with van der Waals surface area (Å²) < 4.78 is 0. The van der Waals surface area contributed by atoms with E-state index in [2.05, 4.69) is 153 Å². The molecule has 1 aliphatic rings. The van der Waals surface area contributed by atoms with Gasteiger partial charge in [0.1, 0.15) is 0 Å². The number of benzene rings is 4. The minimum atomic E-state index is -0.125. The minimum absolute atomic E-state index is 0.121. The molecule has 0 heterocycles. The van der Waals surface area contributed by atoms with Crippen LogP contribution in [0.5, 0.6) is 0 Å². The predicted octanol–water partition coefficient (Wildman–Crippen LogP) is 10.8. The summed E-state index contributed by atoms with van der Waals surface area (Å²) in [5.74, 6) is 0. The van der Waals surface area contributed by atoms with E-state index < -0.39 is 0 Å². The first-order valence-electron chi connectivity index (χ1n) is 13.6. The van der Waals surface area contributed by atoms with Crippen molar-refractivity contribution in [1.29, 1.82) is 0 Å². The Balaban J connectivity index is 1.37. The molecule has 1 unspecified atom stereocenters. The van der Waals surface area contributed by atoms with Crippen LogP contribution in [0, 0.1) is 0 Å². The molecule has 0 saturated heterocycles. The maximum Gasteiger partial charge on any atom is 0.166 e. The average molecular weight is 575 g/mol. The van der Waals surface area contributed by atoms with E-state index >= 15 is 0 Å². The lowest BCUT2D eigenvalue weighted by atomic mass is 10.2. The molecule has 1 atom stereocenters. The SMILES string of the molecule is C=C/C=C\C(=C/C)[S+](C1=CCCC=C1)c1ccc(Sc2ccc([S+](c3ccccc3)c3ccccc3)cc2)cc1. The van der Waals surface area contributed by atoms with Gasteiger partial charge in [-0.25, -0.2) is 0 Å². The zero-order valence-electron chi connectivity index (χ0n) is 22.8. The zero-order chi connectivity index (χ0) is 27.6. The quantitative estimate of drug-likeness (QED) is 0.134. The van der Waals surface area contributed by atoms with E-state index in [4.69, 9.17) is 0 Å². The highest BCUT2D eigenvalue weighted by atomic mass is 32.2. The van der Waals surface area contributed by atoms with Gasteiger partial charge in [-0.15, -0.1) is 0 Å². The smallest absolute Gasteiger partial charge is 0.0991 e. The van der Waals surface area contributed by atoms with Gasteiger partial charge in [0.2, 0.25) is 0 Å². The second-order valence-electron chi connectivity index (χ2n) is 9.16. The van der Waals surface area contributed by atoms with Crippen LogP contribution in [0.1, 0.15) is 19.8 Å². The monoisotopic (exact) mass is 574 g/mol. The second kappa shape index (κ2) is 14.3. The van der Waals surface area contributed by atoms with Gasteiger partial charge in [0.05, 0.1) is 21.8 Å². The van der Waals surface area contributed by atoms with Crippen molar-refractivity contribution in [1.82, 2.24) is 0 Å². The summed E-state index contributed by atoms with van der Waals surface area (Å²) in [5.41, 5.74) is 0. The van der Waals surface area contributed by atoms with Gasteiger partial charge in [-0.05, 0) is 117 Å². The Bertz CT molecular complexity index is 1470. The molecule has 0 saturated carbocycles. The molecule has 0 bridgehead atoms. The summed E-state index contributed by atoms with van der Waals surface area (Å²) in [6.07, 6.45) is 17.6. The average Bonchev–Trinajstić information content (AvgIpc) is 3.02.